The minimum atomic E-state index is -0.285. The van der Waals surface area contributed by atoms with Gasteiger partial charge in [0.05, 0.1) is 0 Å². The van der Waals surface area contributed by atoms with Crippen LogP contribution in [0.25, 0.3) is 0 Å². The van der Waals surface area contributed by atoms with E-state index in [1.807, 2.05) is 35.2 Å². The van der Waals surface area contributed by atoms with Gasteiger partial charge in [-0.15, -0.1) is 0 Å². The second-order valence-corrected chi connectivity index (χ2v) is 4.37. The first kappa shape index (κ1) is 13.3. The molecule has 0 unspecified atom stereocenters. The van der Waals surface area contributed by atoms with Crippen molar-refractivity contribution in [3.05, 3.63) is 59.4 Å². The summed E-state index contributed by atoms with van der Waals surface area (Å²) in [6.45, 7) is 1.29. The van der Waals surface area contributed by atoms with Crippen LogP contribution in [0.1, 0.15) is 5.56 Å². The molecule has 3 nitrogen and oxygen atoms in total. The number of rotatable bonds is 3. The van der Waals surface area contributed by atoms with Crippen LogP contribution in [0.4, 0.5) is 0 Å². The van der Waals surface area contributed by atoms with Gasteiger partial charge in [0.25, 0.3) is 5.91 Å². The van der Waals surface area contributed by atoms with E-state index >= 15 is 0 Å². The zero-order chi connectivity index (χ0) is 13.5. The quantitative estimate of drug-likeness (QED) is 0.855. The lowest BCUT2D eigenvalue weighted by atomic mass is 10.2. The Bertz CT molecular complexity index is 609. The first-order valence-electron chi connectivity index (χ1n) is 5.90. The summed E-state index contributed by atoms with van der Waals surface area (Å²) in [4.78, 5) is 11.5. The summed E-state index contributed by atoms with van der Waals surface area (Å²) in [6, 6.07) is 11.0. The SMILES string of the molecule is O=C(C#Cc1cccc(Cl)c1)NCCn1cccc1. The fourth-order valence-electron chi connectivity index (χ4n) is 1.56. The summed E-state index contributed by atoms with van der Waals surface area (Å²) in [7, 11) is 0. The summed E-state index contributed by atoms with van der Waals surface area (Å²) in [6.07, 6.45) is 3.90. The van der Waals surface area contributed by atoms with Gasteiger partial charge in [-0.05, 0) is 30.3 Å². The Hall–Kier alpha value is -2.18. The van der Waals surface area contributed by atoms with Gasteiger partial charge in [0.15, 0.2) is 0 Å². The first-order chi connectivity index (χ1) is 9.24. The highest BCUT2D eigenvalue weighted by Gasteiger charge is 1.95. The monoisotopic (exact) mass is 272 g/mol. The molecule has 1 N–H and O–H groups in total. The van der Waals surface area contributed by atoms with Crippen molar-refractivity contribution >= 4 is 17.5 Å². The number of halogens is 1. The number of amides is 1. The van der Waals surface area contributed by atoms with Crippen molar-refractivity contribution in [3.63, 3.8) is 0 Å². The highest BCUT2D eigenvalue weighted by molar-refractivity contribution is 6.30. The van der Waals surface area contributed by atoms with Crippen molar-refractivity contribution in [2.75, 3.05) is 6.54 Å². The zero-order valence-corrected chi connectivity index (χ0v) is 11.0. The lowest BCUT2D eigenvalue weighted by Crippen LogP contribution is -2.25. The van der Waals surface area contributed by atoms with Crippen LogP contribution in [-0.2, 0) is 11.3 Å². The molecule has 0 aliphatic heterocycles. The third-order valence-electron chi connectivity index (χ3n) is 2.47. The number of aromatic nitrogens is 1. The normalized spacial score (nSPS) is 9.53. The number of carbonyl (C=O) groups excluding carboxylic acids is 1. The van der Waals surface area contributed by atoms with Gasteiger partial charge in [-0.1, -0.05) is 23.6 Å². The molecule has 0 saturated heterocycles. The molecule has 0 aliphatic rings. The van der Waals surface area contributed by atoms with E-state index in [0.29, 0.717) is 11.6 Å². The van der Waals surface area contributed by atoms with Gasteiger partial charge < -0.3 is 9.88 Å². The fraction of sp³-hybridized carbons (Fsp3) is 0.133. The minimum absolute atomic E-state index is 0.285. The molecular weight excluding hydrogens is 260 g/mol. The third kappa shape index (κ3) is 4.53. The van der Waals surface area contributed by atoms with Gasteiger partial charge in [0.1, 0.15) is 0 Å². The van der Waals surface area contributed by atoms with E-state index in [4.69, 9.17) is 11.6 Å². The van der Waals surface area contributed by atoms with E-state index in [1.165, 1.54) is 0 Å². The Labute approximate surface area is 117 Å². The van der Waals surface area contributed by atoms with Crippen LogP contribution in [-0.4, -0.2) is 17.0 Å². The predicted molar refractivity (Wildman–Crippen MR) is 75.8 cm³/mol. The van der Waals surface area contributed by atoms with Crippen molar-refractivity contribution < 1.29 is 4.79 Å². The Morgan fingerprint density at radius 1 is 1.26 bits per heavy atom. The molecular formula is C15H13ClN2O. The zero-order valence-electron chi connectivity index (χ0n) is 10.3. The molecule has 1 aromatic heterocycles. The van der Waals surface area contributed by atoms with Gasteiger partial charge in [-0.3, -0.25) is 4.79 Å². The molecule has 0 radical (unpaired) electrons. The van der Waals surface area contributed by atoms with Crippen LogP contribution in [0, 0.1) is 11.8 Å². The molecule has 0 fully saturated rings. The highest BCUT2D eigenvalue weighted by atomic mass is 35.5. The van der Waals surface area contributed by atoms with Crippen LogP contribution in [0.15, 0.2) is 48.8 Å². The second kappa shape index (κ2) is 6.67. The Kier molecular flexibility index (Phi) is 4.66. The summed E-state index contributed by atoms with van der Waals surface area (Å²) in [5, 5.41) is 3.35. The summed E-state index contributed by atoms with van der Waals surface area (Å²) in [5.41, 5.74) is 0.730. The molecule has 19 heavy (non-hydrogen) atoms. The smallest absolute Gasteiger partial charge is 0.296 e. The van der Waals surface area contributed by atoms with E-state index < -0.39 is 0 Å². The van der Waals surface area contributed by atoms with Crippen LogP contribution in [0.2, 0.25) is 5.02 Å². The Balaban J connectivity index is 1.81. The fourth-order valence-corrected chi connectivity index (χ4v) is 1.75. The van der Waals surface area contributed by atoms with Gasteiger partial charge >= 0.3 is 0 Å². The number of nitrogens with zero attached hydrogens (tertiary/aromatic N) is 1. The van der Waals surface area contributed by atoms with Gasteiger partial charge in [0.2, 0.25) is 0 Å². The van der Waals surface area contributed by atoms with E-state index in [2.05, 4.69) is 17.2 Å². The number of benzene rings is 1. The topological polar surface area (TPSA) is 34.0 Å². The van der Waals surface area contributed by atoms with Crippen LogP contribution < -0.4 is 5.32 Å². The van der Waals surface area contributed by atoms with Crippen molar-refractivity contribution in [1.82, 2.24) is 9.88 Å². The Morgan fingerprint density at radius 3 is 2.79 bits per heavy atom. The maximum Gasteiger partial charge on any atom is 0.296 e. The molecule has 0 aliphatic carbocycles. The van der Waals surface area contributed by atoms with Crippen molar-refractivity contribution in [3.8, 4) is 11.8 Å². The van der Waals surface area contributed by atoms with E-state index in [-0.39, 0.29) is 5.91 Å². The average molecular weight is 273 g/mol. The maximum atomic E-state index is 11.5. The molecule has 0 bridgehead atoms. The molecule has 2 aromatic rings. The molecule has 1 aromatic carbocycles. The number of hydrogen-bond donors (Lipinski definition) is 1. The standard InChI is InChI=1S/C15H13ClN2O/c16-14-5-3-4-13(12-14)6-7-15(19)17-8-11-18-9-1-2-10-18/h1-5,9-10,12H,8,11H2,(H,17,19). The average Bonchev–Trinajstić information content (AvgIpc) is 2.90. The largest absolute Gasteiger partial charge is 0.353 e. The van der Waals surface area contributed by atoms with Crippen LogP contribution in [0.5, 0.6) is 0 Å². The minimum Gasteiger partial charge on any atom is -0.353 e. The summed E-state index contributed by atoms with van der Waals surface area (Å²) < 4.78 is 1.99. The van der Waals surface area contributed by atoms with E-state index in [1.54, 1.807) is 18.2 Å². The second-order valence-electron chi connectivity index (χ2n) is 3.94. The molecule has 1 amide bonds. The molecule has 2 rings (SSSR count). The van der Waals surface area contributed by atoms with Gasteiger partial charge in [0, 0.05) is 42.0 Å². The number of hydrogen-bond acceptors (Lipinski definition) is 1. The summed E-state index contributed by atoms with van der Waals surface area (Å²) in [5.74, 6) is 5.03. The first-order valence-corrected chi connectivity index (χ1v) is 6.28. The lowest BCUT2D eigenvalue weighted by Gasteiger charge is -2.02. The highest BCUT2D eigenvalue weighted by Crippen LogP contribution is 2.09. The molecule has 0 spiro atoms. The number of nitrogens with one attached hydrogen (secondary N) is 1. The maximum absolute atomic E-state index is 11.5. The lowest BCUT2D eigenvalue weighted by molar-refractivity contribution is -0.115. The number of carbonyl (C=O) groups is 1. The van der Waals surface area contributed by atoms with Gasteiger partial charge in [-0.2, -0.15) is 0 Å². The van der Waals surface area contributed by atoms with Crippen molar-refractivity contribution in [2.45, 2.75) is 6.54 Å². The van der Waals surface area contributed by atoms with Crippen molar-refractivity contribution in [2.24, 2.45) is 0 Å². The van der Waals surface area contributed by atoms with Crippen molar-refractivity contribution in [1.29, 1.82) is 0 Å². The molecule has 96 valence electrons. The van der Waals surface area contributed by atoms with E-state index in [9.17, 15) is 4.79 Å². The van der Waals surface area contributed by atoms with Crippen LogP contribution in [0.3, 0.4) is 0 Å². The van der Waals surface area contributed by atoms with E-state index in [0.717, 1.165) is 12.1 Å². The molecule has 4 heteroatoms. The van der Waals surface area contributed by atoms with Gasteiger partial charge in [-0.25, -0.2) is 0 Å². The molecule has 0 atom stereocenters. The molecule has 1 heterocycles. The summed E-state index contributed by atoms with van der Waals surface area (Å²) >= 11 is 5.83. The predicted octanol–water partition coefficient (Wildman–Crippen LogP) is 2.31. The third-order valence-corrected chi connectivity index (χ3v) is 2.70. The molecule has 0 saturated carbocycles. The Morgan fingerprint density at radius 2 is 2.05 bits per heavy atom. The van der Waals surface area contributed by atoms with Crippen LogP contribution >= 0.6 is 11.6 Å².